The maximum atomic E-state index is 13.7. The van der Waals surface area contributed by atoms with Crippen LogP contribution in [-0.2, 0) is 5.54 Å². The van der Waals surface area contributed by atoms with E-state index in [1.54, 1.807) is 25.1 Å². The maximum absolute atomic E-state index is 13.7. The van der Waals surface area contributed by atoms with Crippen molar-refractivity contribution in [3.05, 3.63) is 65.2 Å². The molecule has 0 bridgehead atoms. The third kappa shape index (κ3) is 2.58. The van der Waals surface area contributed by atoms with Crippen molar-refractivity contribution >= 4 is 0 Å². The Morgan fingerprint density at radius 1 is 1.00 bits per heavy atom. The van der Waals surface area contributed by atoms with E-state index in [1.165, 1.54) is 31.4 Å². The fraction of sp³-hybridized carbons (Fsp3) is 0.200. The van der Waals surface area contributed by atoms with Crippen LogP contribution in [0.4, 0.5) is 8.78 Å². The fourth-order valence-corrected chi connectivity index (χ4v) is 1.95. The highest BCUT2D eigenvalue weighted by Gasteiger charge is 2.24. The van der Waals surface area contributed by atoms with Gasteiger partial charge in [0.1, 0.15) is 5.82 Å². The van der Waals surface area contributed by atoms with Crippen molar-refractivity contribution in [3.63, 3.8) is 0 Å². The maximum Gasteiger partial charge on any atom is 0.165 e. The summed E-state index contributed by atoms with van der Waals surface area (Å²) in [5, 5.41) is 0. The molecule has 0 saturated heterocycles. The second kappa shape index (κ2) is 4.97. The molecule has 0 amide bonds. The van der Waals surface area contributed by atoms with Crippen LogP contribution in [0.1, 0.15) is 18.1 Å². The number of halogens is 2. The van der Waals surface area contributed by atoms with Crippen LogP contribution in [-0.4, -0.2) is 7.11 Å². The minimum atomic E-state index is -0.902. The van der Waals surface area contributed by atoms with Gasteiger partial charge in [-0.25, -0.2) is 8.78 Å². The summed E-state index contributed by atoms with van der Waals surface area (Å²) in [5.41, 5.74) is 6.64. The van der Waals surface area contributed by atoms with E-state index >= 15 is 0 Å². The molecular formula is C15H15F2NO. The largest absolute Gasteiger partial charge is 0.494 e. The monoisotopic (exact) mass is 263 g/mol. The number of rotatable bonds is 3. The summed E-state index contributed by atoms with van der Waals surface area (Å²) in [6, 6.07) is 10.4. The summed E-state index contributed by atoms with van der Waals surface area (Å²) < 4.78 is 31.5. The molecule has 2 aromatic carbocycles. The van der Waals surface area contributed by atoms with Crippen LogP contribution in [0.25, 0.3) is 0 Å². The van der Waals surface area contributed by atoms with Gasteiger partial charge in [-0.2, -0.15) is 0 Å². The minimum Gasteiger partial charge on any atom is -0.494 e. The SMILES string of the molecule is COc1ccc(C(C)(N)c2ccc(F)cc2)cc1F. The summed E-state index contributed by atoms with van der Waals surface area (Å²) in [7, 11) is 1.40. The van der Waals surface area contributed by atoms with Gasteiger partial charge in [0.25, 0.3) is 0 Å². The summed E-state index contributed by atoms with van der Waals surface area (Å²) in [4.78, 5) is 0. The van der Waals surface area contributed by atoms with E-state index in [0.29, 0.717) is 11.1 Å². The predicted octanol–water partition coefficient (Wildman–Crippen LogP) is 3.20. The normalized spacial score (nSPS) is 13.9. The second-order valence-electron chi connectivity index (χ2n) is 4.56. The minimum absolute atomic E-state index is 0.165. The van der Waals surface area contributed by atoms with Crippen molar-refractivity contribution in [1.29, 1.82) is 0 Å². The Balaban J connectivity index is 2.43. The number of ether oxygens (including phenoxy) is 1. The Bertz CT molecular complexity index is 579. The Morgan fingerprint density at radius 3 is 2.11 bits per heavy atom. The van der Waals surface area contributed by atoms with Crippen molar-refractivity contribution in [2.24, 2.45) is 5.73 Å². The molecule has 19 heavy (non-hydrogen) atoms. The third-order valence-electron chi connectivity index (χ3n) is 3.20. The van der Waals surface area contributed by atoms with Gasteiger partial charge < -0.3 is 10.5 Å². The molecule has 0 heterocycles. The first-order chi connectivity index (χ1) is 8.95. The van der Waals surface area contributed by atoms with Gasteiger partial charge in [0, 0.05) is 0 Å². The molecule has 0 spiro atoms. The highest BCUT2D eigenvalue weighted by atomic mass is 19.1. The van der Waals surface area contributed by atoms with Crippen molar-refractivity contribution in [2.75, 3.05) is 7.11 Å². The zero-order chi connectivity index (χ0) is 14.0. The first kappa shape index (κ1) is 13.5. The molecule has 1 atom stereocenters. The lowest BCUT2D eigenvalue weighted by Crippen LogP contribution is -2.34. The topological polar surface area (TPSA) is 35.2 Å². The lowest BCUT2D eigenvalue weighted by atomic mass is 9.85. The number of methoxy groups -OCH3 is 1. The van der Waals surface area contributed by atoms with Gasteiger partial charge in [-0.05, 0) is 42.3 Å². The van der Waals surface area contributed by atoms with Crippen molar-refractivity contribution in [1.82, 2.24) is 0 Å². The van der Waals surface area contributed by atoms with E-state index in [4.69, 9.17) is 10.5 Å². The van der Waals surface area contributed by atoms with Gasteiger partial charge in [0.15, 0.2) is 11.6 Å². The van der Waals surface area contributed by atoms with E-state index in [9.17, 15) is 8.78 Å². The molecule has 2 N–H and O–H groups in total. The molecule has 0 radical (unpaired) electrons. The van der Waals surface area contributed by atoms with Gasteiger partial charge in [0.2, 0.25) is 0 Å². The average molecular weight is 263 g/mol. The van der Waals surface area contributed by atoms with Crippen LogP contribution < -0.4 is 10.5 Å². The van der Waals surface area contributed by atoms with Gasteiger partial charge in [-0.1, -0.05) is 18.2 Å². The van der Waals surface area contributed by atoms with Crippen molar-refractivity contribution in [3.8, 4) is 5.75 Å². The Hall–Kier alpha value is -1.94. The molecule has 2 nitrogen and oxygen atoms in total. The molecule has 4 heteroatoms. The number of hydrogen-bond donors (Lipinski definition) is 1. The molecule has 0 aliphatic heterocycles. The Morgan fingerprint density at radius 2 is 1.58 bits per heavy atom. The fourth-order valence-electron chi connectivity index (χ4n) is 1.95. The van der Waals surface area contributed by atoms with Crippen LogP contribution in [0.5, 0.6) is 5.75 Å². The van der Waals surface area contributed by atoms with Gasteiger partial charge in [-0.3, -0.25) is 0 Å². The summed E-state index contributed by atoms with van der Waals surface area (Å²) in [5.74, 6) is -0.641. The molecular weight excluding hydrogens is 248 g/mol. The second-order valence-corrected chi connectivity index (χ2v) is 4.56. The molecule has 0 aromatic heterocycles. The van der Waals surface area contributed by atoms with E-state index in [2.05, 4.69) is 0 Å². The molecule has 2 rings (SSSR count). The predicted molar refractivity (Wildman–Crippen MR) is 70.0 cm³/mol. The summed E-state index contributed by atoms with van der Waals surface area (Å²) in [6.07, 6.45) is 0. The highest BCUT2D eigenvalue weighted by Crippen LogP contribution is 2.29. The number of hydrogen-bond acceptors (Lipinski definition) is 2. The molecule has 0 aliphatic carbocycles. The highest BCUT2D eigenvalue weighted by molar-refractivity contribution is 5.40. The van der Waals surface area contributed by atoms with Gasteiger partial charge >= 0.3 is 0 Å². The van der Waals surface area contributed by atoms with Crippen LogP contribution in [0.15, 0.2) is 42.5 Å². The molecule has 0 fully saturated rings. The molecule has 0 saturated carbocycles. The lowest BCUT2D eigenvalue weighted by molar-refractivity contribution is 0.385. The van der Waals surface area contributed by atoms with E-state index in [-0.39, 0.29) is 11.6 Å². The zero-order valence-electron chi connectivity index (χ0n) is 10.8. The zero-order valence-corrected chi connectivity index (χ0v) is 10.8. The van der Waals surface area contributed by atoms with Crippen LogP contribution in [0, 0.1) is 11.6 Å². The van der Waals surface area contributed by atoms with Gasteiger partial charge in [0.05, 0.1) is 12.6 Å². The van der Waals surface area contributed by atoms with Crippen LogP contribution in [0.2, 0.25) is 0 Å². The first-order valence-corrected chi connectivity index (χ1v) is 5.84. The van der Waals surface area contributed by atoms with E-state index in [1.807, 2.05) is 0 Å². The van der Waals surface area contributed by atoms with Crippen LogP contribution in [0.3, 0.4) is 0 Å². The smallest absolute Gasteiger partial charge is 0.165 e. The third-order valence-corrected chi connectivity index (χ3v) is 3.20. The first-order valence-electron chi connectivity index (χ1n) is 5.84. The summed E-state index contributed by atoms with van der Waals surface area (Å²) in [6.45, 7) is 1.75. The molecule has 0 aliphatic rings. The standard InChI is InChI=1S/C15H15F2NO/c1-15(18,10-3-6-12(16)7-4-10)11-5-8-14(19-2)13(17)9-11/h3-9H,18H2,1-2H3. The van der Waals surface area contributed by atoms with E-state index in [0.717, 1.165) is 0 Å². The quantitative estimate of drug-likeness (QED) is 0.923. The van der Waals surface area contributed by atoms with Crippen LogP contribution >= 0.6 is 0 Å². The van der Waals surface area contributed by atoms with Crippen molar-refractivity contribution in [2.45, 2.75) is 12.5 Å². The van der Waals surface area contributed by atoms with Crippen molar-refractivity contribution < 1.29 is 13.5 Å². The van der Waals surface area contributed by atoms with Gasteiger partial charge in [-0.15, -0.1) is 0 Å². The molecule has 2 aromatic rings. The Kier molecular flexibility index (Phi) is 3.53. The van der Waals surface area contributed by atoms with E-state index < -0.39 is 11.4 Å². The Labute approximate surface area is 110 Å². The lowest BCUT2D eigenvalue weighted by Gasteiger charge is -2.26. The average Bonchev–Trinajstić information content (AvgIpc) is 2.39. The number of benzene rings is 2. The molecule has 1 unspecified atom stereocenters. The summed E-state index contributed by atoms with van der Waals surface area (Å²) >= 11 is 0. The molecule has 100 valence electrons. The number of nitrogens with two attached hydrogens (primary N) is 1.